The highest BCUT2D eigenvalue weighted by atomic mass is 32.2. The lowest BCUT2D eigenvalue weighted by atomic mass is 10.0. The molecule has 114 valence electrons. The fourth-order valence-corrected chi connectivity index (χ4v) is 2.68. The predicted molar refractivity (Wildman–Crippen MR) is 91.7 cm³/mol. The van der Waals surface area contributed by atoms with E-state index < -0.39 is 0 Å². The average Bonchev–Trinajstić information content (AvgIpc) is 2.46. The molecule has 0 bridgehead atoms. The standard InChI is InChI=1S/C17H24N2OS/c1-4-21-11-9-14(3)19-17(20)16-12-15(6-5-10-18)8-7-13(16)2/h7-8,12,14H,4,9-11,18H2,1-3H3,(H,19,20). The van der Waals surface area contributed by atoms with Gasteiger partial charge in [0, 0.05) is 17.2 Å². The molecule has 0 aliphatic heterocycles. The number of amides is 1. The maximum absolute atomic E-state index is 12.3. The van der Waals surface area contributed by atoms with Gasteiger partial charge in [-0.15, -0.1) is 0 Å². The minimum Gasteiger partial charge on any atom is -0.350 e. The van der Waals surface area contributed by atoms with Gasteiger partial charge in [0.2, 0.25) is 0 Å². The maximum Gasteiger partial charge on any atom is 0.251 e. The summed E-state index contributed by atoms with van der Waals surface area (Å²) >= 11 is 1.89. The van der Waals surface area contributed by atoms with E-state index >= 15 is 0 Å². The zero-order valence-electron chi connectivity index (χ0n) is 13.0. The molecule has 21 heavy (non-hydrogen) atoms. The van der Waals surface area contributed by atoms with Gasteiger partial charge in [0.05, 0.1) is 6.54 Å². The largest absolute Gasteiger partial charge is 0.350 e. The highest BCUT2D eigenvalue weighted by Crippen LogP contribution is 2.12. The quantitative estimate of drug-likeness (QED) is 0.627. The van der Waals surface area contributed by atoms with Crippen molar-refractivity contribution in [2.24, 2.45) is 5.73 Å². The molecule has 4 heteroatoms. The van der Waals surface area contributed by atoms with Crippen LogP contribution < -0.4 is 11.1 Å². The van der Waals surface area contributed by atoms with Crippen LogP contribution in [-0.4, -0.2) is 30.0 Å². The van der Waals surface area contributed by atoms with Gasteiger partial charge in [0.25, 0.3) is 5.91 Å². The minimum atomic E-state index is -0.0297. The van der Waals surface area contributed by atoms with Crippen LogP contribution in [0, 0.1) is 18.8 Å². The molecule has 0 heterocycles. The van der Waals surface area contributed by atoms with E-state index in [1.54, 1.807) is 0 Å². The summed E-state index contributed by atoms with van der Waals surface area (Å²) in [6, 6.07) is 5.85. The molecule has 1 rings (SSSR count). The summed E-state index contributed by atoms with van der Waals surface area (Å²) in [6.45, 7) is 6.45. The first kappa shape index (κ1) is 17.6. The number of hydrogen-bond acceptors (Lipinski definition) is 3. The Morgan fingerprint density at radius 2 is 2.24 bits per heavy atom. The van der Waals surface area contributed by atoms with Gasteiger partial charge >= 0.3 is 0 Å². The number of thioether (sulfide) groups is 1. The average molecular weight is 304 g/mol. The van der Waals surface area contributed by atoms with E-state index in [0.717, 1.165) is 29.1 Å². The van der Waals surface area contributed by atoms with Crippen molar-refractivity contribution >= 4 is 17.7 Å². The molecule has 3 nitrogen and oxygen atoms in total. The Morgan fingerprint density at radius 3 is 2.90 bits per heavy atom. The Balaban J connectivity index is 2.72. The van der Waals surface area contributed by atoms with Crippen LogP contribution in [0.25, 0.3) is 0 Å². The molecule has 1 aromatic carbocycles. The van der Waals surface area contributed by atoms with Crippen LogP contribution in [0.5, 0.6) is 0 Å². The molecule has 0 spiro atoms. The smallest absolute Gasteiger partial charge is 0.251 e. The summed E-state index contributed by atoms with van der Waals surface area (Å²) in [6.07, 6.45) is 0.982. The predicted octanol–water partition coefficient (Wildman–Crippen LogP) is 2.57. The monoisotopic (exact) mass is 304 g/mol. The second-order valence-corrected chi connectivity index (χ2v) is 6.29. The first-order valence-electron chi connectivity index (χ1n) is 7.26. The van der Waals surface area contributed by atoms with Crippen molar-refractivity contribution in [2.75, 3.05) is 18.1 Å². The van der Waals surface area contributed by atoms with E-state index in [9.17, 15) is 4.79 Å². The van der Waals surface area contributed by atoms with Gasteiger partial charge in [0.1, 0.15) is 0 Å². The Hall–Kier alpha value is -1.44. The number of aryl methyl sites for hydroxylation is 1. The van der Waals surface area contributed by atoms with E-state index in [-0.39, 0.29) is 11.9 Å². The third-order valence-electron chi connectivity index (χ3n) is 3.09. The number of hydrogen-bond donors (Lipinski definition) is 2. The molecule has 0 aromatic heterocycles. The molecule has 1 atom stereocenters. The SMILES string of the molecule is CCSCCC(C)NC(=O)c1cc(C#CCN)ccc1C. The Bertz CT molecular complexity index is 531. The third-order valence-corrected chi connectivity index (χ3v) is 4.03. The van der Waals surface area contributed by atoms with Gasteiger partial charge in [-0.1, -0.05) is 24.8 Å². The number of nitrogens with one attached hydrogen (secondary N) is 1. The first-order chi connectivity index (χ1) is 10.1. The van der Waals surface area contributed by atoms with Gasteiger partial charge < -0.3 is 11.1 Å². The summed E-state index contributed by atoms with van der Waals surface area (Å²) in [7, 11) is 0. The maximum atomic E-state index is 12.3. The highest BCUT2D eigenvalue weighted by molar-refractivity contribution is 7.99. The molecule has 3 N–H and O–H groups in total. The van der Waals surface area contributed by atoms with Gasteiger partial charge in [-0.3, -0.25) is 4.79 Å². The van der Waals surface area contributed by atoms with Crippen LogP contribution in [0.15, 0.2) is 18.2 Å². The van der Waals surface area contributed by atoms with Gasteiger partial charge in [0.15, 0.2) is 0 Å². The second-order valence-electron chi connectivity index (χ2n) is 4.90. The van der Waals surface area contributed by atoms with Crippen molar-refractivity contribution < 1.29 is 4.79 Å². The summed E-state index contributed by atoms with van der Waals surface area (Å²) in [5.41, 5.74) is 7.85. The zero-order valence-corrected chi connectivity index (χ0v) is 13.8. The molecule has 0 fully saturated rings. The summed E-state index contributed by atoms with van der Waals surface area (Å²) in [4.78, 5) is 12.3. The van der Waals surface area contributed by atoms with E-state index in [2.05, 4.69) is 24.1 Å². The number of rotatable bonds is 6. The molecule has 0 aliphatic carbocycles. The molecule has 0 saturated heterocycles. The number of carbonyl (C=O) groups is 1. The topological polar surface area (TPSA) is 55.1 Å². The van der Waals surface area contributed by atoms with Gasteiger partial charge in [-0.25, -0.2) is 0 Å². The highest BCUT2D eigenvalue weighted by Gasteiger charge is 2.12. The molecular formula is C17H24N2OS. The van der Waals surface area contributed by atoms with Gasteiger partial charge in [-0.2, -0.15) is 11.8 Å². The molecular weight excluding hydrogens is 280 g/mol. The van der Waals surface area contributed by atoms with Crippen LogP contribution in [-0.2, 0) is 0 Å². The lowest BCUT2D eigenvalue weighted by molar-refractivity contribution is 0.0939. The minimum absolute atomic E-state index is 0.0297. The fraction of sp³-hybridized carbons (Fsp3) is 0.471. The van der Waals surface area contributed by atoms with Crippen molar-refractivity contribution in [3.8, 4) is 11.8 Å². The zero-order chi connectivity index (χ0) is 15.7. The molecule has 0 saturated carbocycles. The Kier molecular flexibility index (Phi) is 7.96. The van der Waals surface area contributed by atoms with Crippen LogP contribution in [0.2, 0.25) is 0 Å². The Labute approximate surface area is 132 Å². The number of nitrogens with two attached hydrogens (primary N) is 1. The first-order valence-corrected chi connectivity index (χ1v) is 8.42. The van der Waals surface area contributed by atoms with Crippen molar-refractivity contribution in [2.45, 2.75) is 33.2 Å². The lowest BCUT2D eigenvalue weighted by Crippen LogP contribution is -2.33. The van der Waals surface area contributed by atoms with E-state index in [1.807, 2.05) is 43.8 Å². The molecule has 0 aliphatic rings. The van der Waals surface area contributed by atoms with Crippen LogP contribution in [0.1, 0.15) is 41.8 Å². The fourth-order valence-electron chi connectivity index (χ4n) is 1.88. The second kappa shape index (κ2) is 9.49. The lowest BCUT2D eigenvalue weighted by Gasteiger charge is -2.14. The number of benzene rings is 1. The van der Waals surface area contributed by atoms with Crippen molar-refractivity contribution in [1.29, 1.82) is 0 Å². The van der Waals surface area contributed by atoms with E-state index in [0.29, 0.717) is 12.1 Å². The van der Waals surface area contributed by atoms with E-state index in [4.69, 9.17) is 5.73 Å². The van der Waals surface area contributed by atoms with Crippen LogP contribution in [0.3, 0.4) is 0 Å². The van der Waals surface area contributed by atoms with E-state index in [1.165, 1.54) is 0 Å². The Morgan fingerprint density at radius 1 is 1.48 bits per heavy atom. The number of carbonyl (C=O) groups excluding carboxylic acids is 1. The van der Waals surface area contributed by atoms with Gasteiger partial charge in [-0.05, 0) is 49.5 Å². The third kappa shape index (κ3) is 6.24. The van der Waals surface area contributed by atoms with Crippen molar-refractivity contribution in [1.82, 2.24) is 5.32 Å². The molecule has 1 unspecified atom stereocenters. The molecule has 1 amide bonds. The molecule has 1 aromatic rings. The molecule has 0 radical (unpaired) electrons. The summed E-state index contributed by atoms with van der Waals surface area (Å²) < 4.78 is 0. The van der Waals surface area contributed by atoms with Crippen molar-refractivity contribution in [3.63, 3.8) is 0 Å². The summed E-state index contributed by atoms with van der Waals surface area (Å²) in [5, 5.41) is 3.05. The normalized spacial score (nSPS) is 11.4. The van der Waals surface area contributed by atoms with Crippen molar-refractivity contribution in [3.05, 3.63) is 34.9 Å². The summed E-state index contributed by atoms with van der Waals surface area (Å²) in [5.74, 6) is 7.92. The van der Waals surface area contributed by atoms with Crippen LogP contribution >= 0.6 is 11.8 Å². The van der Waals surface area contributed by atoms with Crippen LogP contribution in [0.4, 0.5) is 0 Å².